The van der Waals surface area contributed by atoms with Crippen molar-refractivity contribution in [1.82, 2.24) is 16.0 Å². The molecule has 5 nitrogen and oxygen atoms in total. The predicted molar refractivity (Wildman–Crippen MR) is 108 cm³/mol. The summed E-state index contributed by atoms with van der Waals surface area (Å²) >= 11 is 0. The number of nitrogens with zero attached hydrogens (tertiary/aromatic N) is 1. The fraction of sp³-hybridized carbons (Fsp3) is 0.529. The van der Waals surface area contributed by atoms with Gasteiger partial charge in [0.1, 0.15) is 0 Å². The Morgan fingerprint density at radius 1 is 1.13 bits per heavy atom. The molecular weight excluding hydrogens is 403 g/mol. The van der Waals surface area contributed by atoms with Crippen molar-refractivity contribution < 1.29 is 4.79 Å². The van der Waals surface area contributed by atoms with E-state index in [4.69, 9.17) is 0 Å². The largest absolute Gasteiger partial charge is 0.357 e. The minimum atomic E-state index is -0.0517. The fourth-order valence-electron chi connectivity index (χ4n) is 1.91. The van der Waals surface area contributed by atoms with E-state index in [9.17, 15) is 4.79 Å². The van der Waals surface area contributed by atoms with Gasteiger partial charge in [-0.25, -0.2) is 4.99 Å². The topological polar surface area (TPSA) is 65.5 Å². The van der Waals surface area contributed by atoms with Crippen LogP contribution in [0.1, 0.15) is 50.5 Å². The van der Waals surface area contributed by atoms with E-state index in [1.807, 2.05) is 38.1 Å². The molecule has 0 saturated heterocycles. The van der Waals surface area contributed by atoms with Gasteiger partial charge < -0.3 is 16.0 Å². The molecule has 0 saturated carbocycles. The first-order valence-corrected chi connectivity index (χ1v) is 7.79. The van der Waals surface area contributed by atoms with E-state index in [2.05, 4.69) is 41.7 Å². The van der Waals surface area contributed by atoms with Crippen molar-refractivity contribution >= 4 is 35.8 Å². The van der Waals surface area contributed by atoms with Crippen LogP contribution in [0.3, 0.4) is 0 Å². The van der Waals surface area contributed by atoms with Crippen molar-refractivity contribution in [2.45, 2.75) is 46.7 Å². The van der Waals surface area contributed by atoms with Crippen LogP contribution in [0.4, 0.5) is 0 Å². The molecule has 0 atom stereocenters. The average molecular weight is 432 g/mol. The normalized spacial score (nSPS) is 11.4. The van der Waals surface area contributed by atoms with Gasteiger partial charge in [-0.05, 0) is 52.3 Å². The smallest absolute Gasteiger partial charge is 0.251 e. The number of carbonyl (C=O) groups excluding carboxylic acids is 1. The van der Waals surface area contributed by atoms with Crippen molar-refractivity contribution in [1.29, 1.82) is 0 Å². The molecule has 3 N–H and O–H groups in total. The monoisotopic (exact) mass is 432 g/mol. The summed E-state index contributed by atoms with van der Waals surface area (Å²) in [5.74, 6) is 0.728. The van der Waals surface area contributed by atoms with Crippen molar-refractivity contribution in [3.63, 3.8) is 0 Å². The second kappa shape index (κ2) is 10.5. The molecule has 1 aromatic rings. The summed E-state index contributed by atoms with van der Waals surface area (Å²) in [5, 5.41) is 9.38. The van der Waals surface area contributed by atoms with E-state index in [1.165, 1.54) is 0 Å². The molecule has 1 aromatic carbocycles. The maximum absolute atomic E-state index is 11.9. The highest BCUT2D eigenvalue weighted by atomic mass is 127. The van der Waals surface area contributed by atoms with E-state index in [1.54, 1.807) is 0 Å². The summed E-state index contributed by atoms with van der Waals surface area (Å²) in [5.41, 5.74) is 1.63. The summed E-state index contributed by atoms with van der Waals surface area (Å²) in [7, 11) is 0. The molecule has 0 aliphatic rings. The van der Waals surface area contributed by atoms with Crippen LogP contribution in [0, 0.1) is 0 Å². The molecule has 0 radical (unpaired) electrons. The van der Waals surface area contributed by atoms with Crippen LogP contribution in [0.25, 0.3) is 0 Å². The fourth-order valence-corrected chi connectivity index (χ4v) is 1.91. The number of rotatable bonds is 5. The average Bonchev–Trinajstić information content (AvgIpc) is 2.44. The number of aliphatic imine (C=N–C) groups is 1. The molecule has 0 spiro atoms. The lowest BCUT2D eigenvalue weighted by Crippen LogP contribution is -2.47. The minimum Gasteiger partial charge on any atom is -0.357 e. The van der Waals surface area contributed by atoms with E-state index in [0.717, 1.165) is 18.1 Å². The summed E-state index contributed by atoms with van der Waals surface area (Å²) < 4.78 is 0. The number of hydrogen-bond acceptors (Lipinski definition) is 2. The van der Waals surface area contributed by atoms with Gasteiger partial charge in [0.15, 0.2) is 5.96 Å². The standard InChI is InChI=1S/C17H28N4O.HI/c1-6-18-15(22)14-10-8-9-13(11-14)12-20-16(19-7-2)21-17(3,4)5;/h8-11H,6-7,12H2,1-5H3,(H,18,22)(H2,19,20,21);1H. The number of nitrogens with one attached hydrogen (secondary N) is 3. The summed E-state index contributed by atoms with van der Waals surface area (Å²) in [4.78, 5) is 16.4. The second-order valence-electron chi connectivity index (χ2n) is 6.13. The van der Waals surface area contributed by atoms with Gasteiger partial charge >= 0.3 is 0 Å². The third-order valence-corrected chi connectivity index (χ3v) is 2.78. The van der Waals surface area contributed by atoms with E-state index in [-0.39, 0.29) is 35.4 Å². The van der Waals surface area contributed by atoms with Crippen LogP contribution in [0.15, 0.2) is 29.3 Å². The molecular formula is C17H29IN4O. The highest BCUT2D eigenvalue weighted by molar-refractivity contribution is 14.0. The van der Waals surface area contributed by atoms with Crippen molar-refractivity contribution in [3.8, 4) is 0 Å². The van der Waals surface area contributed by atoms with Gasteiger partial charge in [-0.1, -0.05) is 12.1 Å². The minimum absolute atomic E-state index is 0. The number of halogens is 1. The number of carbonyl (C=O) groups is 1. The number of benzene rings is 1. The SMILES string of the molecule is CCNC(=O)c1cccc(CN=C(NCC)NC(C)(C)C)c1.I. The zero-order valence-corrected chi connectivity index (χ0v) is 17.0. The molecule has 1 rings (SSSR count). The van der Waals surface area contributed by atoms with Crippen molar-refractivity contribution in [2.24, 2.45) is 4.99 Å². The molecule has 1 amide bonds. The Bertz CT molecular complexity index is 524. The number of hydrogen-bond donors (Lipinski definition) is 3. The Hall–Kier alpha value is -1.31. The van der Waals surface area contributed by atoms with Gasteiger partial charge in [-0.3, -0.25) is 4.79 Å². The lowest BCUT2D eigenvalue weighted by Gasteiger charge is -2.23. The van der Waals surface area contributed by atoms with Crippen LogP contribution >= 0.6 is 24.0 Å². The maximum atomic E-state index is 11.9. The molecule has 23 heavy (non-hydrogen) atoms. The summed E-state index contributed by atoms with van der Waals surface area (Å²) in [6.07, 6.45) is 0. The van der Waals surface area contributed by atoms with Crippen LogP contribution in [0.5, 0.6) is 0 Å². The summed E-state index contributed by atoms with van der Waals surface area (Å²) in [6, 6.07) is 7.57. The molecule has 0 aliphatic carbocycles. The summed E-state index contributed by atoms with van der Waals surface area (Å²) in [6.45, 7) is 12.2. The zero-order chi connectivity index (χ0) is 16.6. The first-order valence-electron chi connectivity index (χ1n) is 7.79. The zero-order valence-electron chi connectivity index (χ0n) is 14.7. The Kier molecular flexibility index (Phi) is 9.87. The van der Waals surface area contributed by atoms with Gasteiger partial charge in [0, 0.05) is 24.2 Å². The lowest BCUT2D eigenvalue weighted by molar-refractivity contribution is 0.0955. The molecule has 6 heteroatoms. The van der Waals surface area contributed by atoms with Gasteiger partial charge in [-0.15, -0.1) is 24.0 Å². The maximum Gasteiger partial charge on any atom is 0.251 e. The highest BCUT2D eigenvalue weighted by Crippen LogP contribution is 2.07. The Balaban J connectivity index is 0.00000484. The third-order valence-electron chi connectivity index (χ3n) is 2.78. The molecule has 0 bridgehead atoms. The number of guanidine groups is 1. The van der Waals surface area contributed by atoms with Gasteiger partial charge in [-0.2, -0.15) is 0 Å². The van der Waals surface area contributed by atoms with E-state index in [0.29, 0.717) is 18.7 Å². The Labute approximate surface area is 156 Å². The first-order chi connectivity index (χ1) is 10.4. The first kappa shape index (κ1) is 21.7. The Morgan fingerprint density at radius 3 is 2.35 bits per heavy atom. The van der Waals surface area contributed by atoms with Crippen LogP contribution in [0.2, 0.25) is 0 Å². The molecule has 0 aromatic heterocycles. The third kappa shape index (κ3) is 8.78. The molecule has 0 aliphatic heterocycles. The van der Waals surface area contributed by atoms with E-state index < -0.39 is 0 Å². The second-order valence-corrected chi connectivity index (χ2v) is 6.13. The van der Waals surface area contributed by atoms with Crippen LogP contribution in [-0.2, 0) is 6.54 Å². The molecule has 0 fully saturated rings. The van der Waals surface area contributed by atoms with Gasteiger partial charge in [0.2, 0.25) is 0 Å². The highest BCUT2D eigenvalue weighted by Gasteiger charge is 2.11. The van der Waals surface area contributed by atoms with Gasteiger partial charge in [0.05, 0.1) is 6.54 Å². The van der Waals surface area contributed by atoms with Gasteiger partial charge in [0.25, 0.3) is 5.91 Å². The number of amides is 1. The van der Waals surface area contributed by atoms with Crippen molar-refractivity contribution in [2.75, 3.05) is 13.1 Å². The molecule has 130 valence electrons. The predicted octanol–water partition coefficient (Wildman–Crippen LogP) is 2.91. The quantitative estimate of drug-likeness (QED) is 0.381. The molecule has 0 heterocycles. The van der Waals surface area contributed by atoms with Crippen molar-refractivity contribution in [3.05, 3.63) is 35.4 Å². The van der Waals surface area contributed by atoms with Crippen LogP contribution in [-0.4, -0.2) is 30.5 Å². The lowest BCUT2D eigenvalue weighted by atomic mass is 10.1. The molecule has 0 unspecified atom stereocenters. The van der Waals surface area contributed by atoms with Crippen LogP contribution < -0.4 is 16.0 Å². The Morgan fingerprint density at radius 2 is 1.78 bits per heavy atom. The van der Waals surface area contributed by atoms with E-state index >= 15 is 0 Å².